The SMILES string of the molecule is C=CCOC(=O)C1=C(C)N=C2SC=C(CC(=O)N3CCC[C@H](C(=O)OCC)C3)N2[C@@H]1c1ccc(C(C)C)cc1. The van der Waals surface area contributed by atoms with Gasteiger partial charge in [0.25, 0.3) is 0 Å². The third-order valence-corrected chi connectivity index (χ3v) is 8.09. The first-order valence-electron chi connectivity index (χ1n) is 13.5. The second-order valence-corrected chi connectivity index (χ2v) is 11.0. The number of hydrogen-bond donors (Lipinski definition) is 0. The van der Waals surface area contributed by atoms with E-state index in [9.17, 15) is 14.4 Å². The van der Waals surface area contributed by atoms with E-state index in [1.165, 1.54) is 23.4 Å². The fraction of sp³-hybridized carbons (Fsp3) is 0.467. The summed E-state index contributed by atoms with van der Waals surface area (Å²) in [5, 5.41) is 2.65. The zero-order valence-corrected chi connectivity index (χ0v) is 24.0. The van der Waals surface area contributed by atoms with Crippen LogP contribution in [0.3, 0.4) is 0 Å². The van der Waals surface area contributed by atoms with Gasteiger partial charge in [0.2, 0.25) is 5.91 Å². The third kappa shape index (κ3) is 6.30. The standard InChI is InChI=1S/C30H37N3O5S/c1-6-15-38-29(36)26-20(5)31-30-33(27(26)22-12-10-21(11-13-22)19(3)4)24(18-39-30)16-25(34)32-14-8-9-23(17-32)28(35)37-7-2/h6,10-13,18-19,23,27H,1,7-9,14-17H2,2-5H3/t23-,27+/m0/s1. The van der Waals surface area contributed by atoms with Gasteiger partial charge in [-0.1, -0.05) is 62.5 Å². The molecule has 1 fully saturated rings. The maximum atomic E-state index is 13.5. The van der Waals surface area contributed by atoms with Crippen molar-refractivity contribution in [3.63, 3.8) is 0 Å². The van der Waals surface area contributed by atoms with Gasteiger partial charge in [-0.2, -0.15) is 0 Å². The average Bonchev–Trinajstić information content (AvgIpc) is 3.32. The van der Waals surface area contributed by atoms with Crippen LogP contribution in [0.15, 0.2) is 64.3 Å². The van der Waals surface area contributed by atoms with Crippen LogP contribution in [0.5, 0.6) is 0 Å². The summed E-state index contributed by atoms with van der Waals surface area (Å²) < 4.78 is 10.7. The molecule has 0 N–H and O–H groups in total. The molecule has 1 aromatic carbocycles. The summed E-state index contributed by atoms with van der Waals surface area (Å²) in [6.07, 6.45) is 3.15. The summed E-state index contributed by atoms with van der Waals surface area (Å²) in [5.41, 5.74) is 3.91. The molecule has 0 saturated carbocycles. The molecule has 3 aliphatic rings. The molecule has 1 aromatic rings. The Labute approximate surface area is 234 Å². The van der Waals surface area contributed by atoms with Crippen molar-refractivity contribution in [2.45, 2.75) is 58.9 Å². The number of esters is 2. The number of carbonyl (C=O) groups excluding carboxylic acids is 3. The minimum atomic E-state index is -0.487. The topological polar surface area (TPSA) is 88.5 Å². The number of aliphatic imine (C=N–C) groups is 1. The van der Waals surface area contributed by atoms with E-state index in [0.29, 0.717) is 36.9 Å². The van der Waals surface area contributed by atoms with E-state index in [4.69, 9.17) is 14.5 Å². The maximum absolute atomic E-state index is 13.5. The lowest BCUT2D eigenvalue weighted by molar-refractivity contribution is -0.151. The fourth-order valence-corrected chi connectivity index (χ4v) is 6.11. The predicted octanol–water partition coefficient (Wildman–Crippen LogP) is 5.31. The Bertz CT molecular complexity index is 1220. The number of ether oxygens (including phenoxy) is 2. The number of likely N-dealkylation sites (tertiary alicyclic amines) is 1. The Balaban J connectivity index is 1.62. The van der Waals surface area contributed by atoms with Crippen LogP contribution in [-0.2, 0) is 23.9 Å². The number of thioether (sulfide) groups is 1. The normalized spacial score (nSPS) is 20.8. The summed E-state index contributed by atoms with van der Waals surface area (Å²) in [4.78, 5) is 47.5. The molecule has 2 atom stereocenters. The molecule has 0 spiro atoms. The molecule has 39 heavy (non-hydrogen) atoms. The highest BCUT2D eigenvalue weighted by atomic mass is 32.2. The van der Waals surface area contributed by atoms with Crippen molar-refractivity contribution in [2.75, 3.05) is 26.3 Å². The minimum absolute atomic E-state index is 0.0620. The van der Waals surface area contributed by atoms with Crippen LogP contribution >= 0.6 is 11.8 Å². The van der Waals surface area contributed by atoms with Crippen molar-refractivity contribution in [3.05, 3.63) is 70.4 Å². The first-order chi connectivity index (χ1) is 18.7. The van der Waals surface area contributed by atoms with Gasteiger partial charge in [0.15, 0.2) is 5.17 Å². The Hall–Kier alpha value is -3.33. The van der Waals surface area contributed by atoms with Gasteiger partial charge < -0.3 is 19.3 Å². The largest absolute Gasteiger partial charge is 0.466 e. The number of amidine groups is 1. The monoisotopic (exact) mass is 551 g/mol. The fourth-order valence-electron chi connectivity index (χ4n) is 5.14. The molecular formula is C30H37N3O5S. The van der Waals surface area contributed by atoms with Gasteiger partial charge in [-0.25, -0.2) is 9.79 Å². The summed E-state index contributed by atoms with van der Waals surface area (Å²) in [6.45, 7) is 12.9. The van der Waals surface area contributed by atoms with E-state index >= 15 is 0 Å². The highest BCUT2D eigenvalue weighted by molar-refractivity contribution is 8.16. The van der Waals surface area contributed by atoms with E-state index in [1.54, 1.807) is 11.8 Å². The van der Waals surface area contributed by atoms with Crippen LogP contribution in [0.2, 0.25) is 0 Å². The quantitative estimate of drug-likeness (QED) is 0.304. The molecule has 0 radical (unpaired) electrons. The number of benzene rings is 1. The number of rotatable bonds is 9. The van der Waals surface area contributed by atoms with Crippen LogP contribution < -0.4 is 0 Å². The lowest BCUT2D eigenvalue weighted by Crippen LogP contribution is -2.44. The number of piperidine rings is 1. The number of amides is 1. The molecule has 0 bridgehead atoms. The molecule has 8 nitrogen and oxygen atoms in total. The smallest absolute Gasteiger partial charge is 0.338 e. The third-order valence-electron chi connectivity index (χ3n) is 7.20. The lowest BCUT2D eigenvalue weighted by Gasteiger charge is -2.37. The van der Waals surface area contributed by atoms with Crippen molar-refractivity contribution < 1.29 is 23.9 Å². The molecule has 0 aromatic heterocycles. The van der Waals surface area contributed by atoms with Crippen LogP contribution in [0.25, 0.3) is 0 Å². The van der Waals surface area contributed by atoms with Crippen LogP contribution in [-0.4, -0.2) is 59.1 Å². The van der Waals surface area contributed by atoms with Gasteiger partial charge >= 0.3 is 11.9 Å². The number of fused-ring (bicyclic) bond motifs is 1. The Morgan fingerprint density at radius 2 is 1.95 bits per heavy atom. The molecular weight excluding hydrogens is 514 g/mol. The van der Waals surface area contributed by atoms with E-state index in [1.807, 2.05) is 29.4 Å². The van der Waals surface area contributed by atoms with Gasteiger partial charge in [-0.15, -0.1) is 0 Å². The number of nitrogens with zero attached hydrogens (tertiary/aromatic N) is 3. The first kappa shape index (κ1) is 28.7. The van der Waals surface area contributed by atoms with Crippen LogP contribution in [0, 0.1) is 5.92 Å². The maximum Gasteiger partial charge on any atom is 0.338 e. The van der Waals surface area contributed by atoms with Crippen molar-refractivity contribution >= 4 is 34.8 Å². The van der Waals surface area contributed by atoms with Gasteiger partial charge in [0.1, 0.15) is 6.61 Å². The second-order valence-electron chi connectivity index (χ2n) is 10.2. The lowest BCUT2D eigenvalue weighted by atomic mass is 9.91. The summed E-state index contributed by atoms with van der Waals surface area (Å²) >= 11 is 1.44. The second kappa shape index (κ2) is 12.7. The Morgan fingerprint density at radius 1 is 1.21 bits per heavy atom. The van der Waals surface area contributed by atoms with Crippen LogP contribution in [0.1, 0.15) is 70.0 Å². The summed E-state index contributed by atoms with van der Waals surface area (Å²) in [6, 6.07) is 7.74. The minimum Gasteiger partial charge on any atom is -0.466 e. The number of allylic oxidation sites excluding steroid dienone is 1. The molecule has 1 saturated heterocycles. The molecule has 3 aliphatic heterocycles. The Kier molecular flexibility index (Phi) is 9.32. The Morgan fingerprint density at radius 3 is 2.62 bits per heavy atom. The highest BCUT2D eigenvalue weighted by Gasteiger charge is 2.41. The average molecular weight is 552 g/mol. The van der Waals surface area contributed by atoms with E-state index in [2.05, 4.69) is 32.6 Å². The van der Waals surface area contributed by atoms with Gasteiger partial charge in [0, 0.05) is 18.8 Å². The molecule has 0 unspecified atom stereocenters. The molecule has 0 aliphatic carbocycles. The van der Waals surface area contributed by atoms with Crippen LogP contribution in [0.4, 0.5) is 0 Å². The van der Waals surface area contributed by atoms with Gasteiger partial charge in [-0.05, 0) is 49.1 Å². The zero-order valence-electron chi connectivity index (χ0n) is 23.1. The van der Waals surface area contributed by atoms with Crippen molar-refractivity contribution in [3.8, 4) is 0 Å². The molecule has 3 heterocycles. The summed E-state index contributed by atoms with van der Waals surface area (Å²) in [5.74, 6) is -0.692. The van der Waals surface area contributed by atoms with Crippen molar-refractivity contribution in [2.24, 2.45) is 10.9 Å². The molecule has 208 valence electrons. The predicted molar refractivity (Wildman–Crippen MR) is 153 cm³/mol. The van der Waals surface area contributed by atoms with E-state index in [-0.39, 0.29) is 30.8 Å². The van der Waals surface area contributed by atoms with E-state index < -0.39 is 12.0 Å². The van der Waals surface area contributed by atoms with E-state index in [0.717, 1.165) is 29.3 Å². The molecule has 1 amide bonds. The van der Waals surface area contributed by atoms with Crippen molar-refractivity contribution in [1.29, 1.82) is 0 Å². The summed E-state index contributed by atoms with van der Waals surface area (Å²) in [7, 11) is 0. The molecule has 4 rings (SSSR count). The zero-order chi connectivity index (χ0) is 28.1. The number of hydrogen-bond acceptors (Lipinski definition) is 8. The highest BCUT2D eigenvalue weighted by Crippen LogP contribution is 2.45. The molecule has 9 heteroatoms. The van der Waals surface area contributed by atoms with Gasteiger partial charge in [-0.3, -0.25) is 9.59 Å². The van der Waals surface area contributed by atoms with Crippen molar-refractivity contribution in [1.82, 2.24) is 9.80 Å². The number of carbonyl (C=O) groups is 3. The van der Waals surface area contributed by atoms with Gasteiger partial charge in [0.05, 0.1) is 36.3 Å². The first-order valence-corrected chi connectivity index (χ1v) is 14.4.